The molecule has 0 bridgehead atoms. The molecule has 5 heteroatoms. The average molecular weight is 248 g/mol. The highest BCUT2D eigenvalue weighted by Gasteiger charge is 2.38. The van der Waals surface area contributed by atoms with E-state index in [0.717, 1.165) is 12.1 Å². The summed E-state index contributed by atoms with van der Waals surface area (Å²) in [4.78, 5) is 12.1. The Morgan fingerprint density at radius 2 is 2.28 bits per heavy atom. The molecule has 2 heterocycles. The van der Waals surface area contributed by atoms with Gasteiger partial charge in [-0.05, 0) is 32.1 Å². The molecule has 3 rings (SSSR count). The summed E-state index contributed by atoms with van der Waals surface area (Å²) < 4.78 is 0. The number of fused-ring (bicyclic) bond motifs is 1. The molecule has 1 aromatic rings. The van der Waals surface area contributed by atoms with Crippen molar-refractivity contribution in [1.82, 2.24) is 15.5 Å². The number of aryl methyl sites for hydroxylation is 1. The number of anilines is 1. The lowest BCUT2D eigenvalue weighted by Gasteiger charge is -2.24. The van der Waals surface area contributed by atoms with Gasteiger partial charge in [0.15, 0.2) is 5.82 Å². The largest absolute Gasteiger partial charge is 0.308 e. The summed E-state index contributed by atoms with van der Waals surface area (Å²) in [5.41, 5.74) is 0.957. The molecule has 1 aliphatic heterocycles. The van der Waals surface area contributed by atoms with Gasteiger partial charge in [0.2, 0.25) is 5.91 Å². The highest BCUT2D eigenvalue weighted by atomic mass is 16.2. The Balaban J connectivity index is 1.60. The molecule has 1 saturated carbocycles. The van der Waals surface area contributed by atoms with Crippen LogP contribution in [0.1, 0.15) is 37.8 Å². The fourth-order valence-corrected chi connectivity index (χ4v) is 3.22. The molecule has 0 radical (unpaired) electrons. The summed E-state index contributed by atoms with van der Waals surface area (Å²) in [6.45, 7) is 1.92. The Morgan fingerprint density at radius 1 is 1.44 bits per heavy atom. The van der Waals surface area contributed by atoms with E-state index in [0.29, 0.717) is 17.8 Å². The maximum absolute atomic E-state index is 12.1. The molecule has 5 nitrogen and oxygen atoms in total. The molecular formula is C13H20N4O. The van der Waals surface area contributed by atoms with Gasteiger partial charge in [-0.1, -0.05) is 12.8 Å². The van der Waals surface area contributed by atoms with Gasteiger partial charge in [-0.3, -0.25) is 9.89 Å². The maximum Gasteiger partial charge on any atom is 0.242 e. The molecule has 3 unspecified atom stereocenters. The van der Waals surface area contributed by atoms with Crippen LogP contribution in [0.2, 0.25) is 0 Å². The summed E-state index contributed by atoms with van der Waals surface area (Å²) >= 11 is 0. The number of hydrogen-bond acceptors (Lipinski definition) is 3. The van der Waals surface area contributed by atoms with E-state index in [1.165, 1.54) is 25.7 Å². The van der Waals surface area contributed by atoms with Crippen LogP contribution in [0, 0.1) is 12.8 Å². The van der Waals surface area contributed by atoms with Crippen molar-refractivity contribution < 1.29 is 4.79 Å². The van der Waals surface area contributed by atoms with Crippen LogP contribution in [0.5, 0.6) is 0 Å². The molecule has 1 aliphatic carbocycles. The number of H-pyrrole nitrogens is 1. The topological polar surface area (TPSA) is 69.8 Å². The Bertz CT molecular complexity index is 428. The molecule has 1 saturated heterocycles. The first-order valence-electron chi connectivity index (χ1n) is 6.81. The van der Waals surface area contributed by atoms with Gasteiger partial charge in [0.25, 0.3) is 0 Å². The normalized spacial score (nSPS) is 31.1. The van der Waals surface area contributed by atoms with Crippen molar-refractivity contribution in [1.29, 1.82) is 0 Å². The lowest BCUT2D eigenvalue weighted by Crippen LogP contribution is -2.39. The minimum atomic E-state index is -0.0462. The number of carbonyl (C=O) groups excluding carboxylic acids is 1. The Kier molecular flexibility index (Phi) is 3.07. The van der Waals surface area contributed by atoms with E-state index < -0.39 is 0 Å². The number of aromatic amines is 1. The van der Waals surface area contributed by atoms with Crippen LogP contribution < -0.4 is 10.6 Å². The third-order valence-electron chi connectivity index (χ3n) is 4.14. The minimum Gasteiger partial charge on any atom is -0.308 e. The van der Waals surface area contributed by atoms with Crippen molar-refractivity contribution >= 4 is 11.7 Å². The van der Waals surface area contributed by atoms with Crippen molar-refractivity contribution in [2.24, 2.45) is 5.92 Å². The van der Waals surface area contributed by atoms with Crippen molar-refractivity contribution in [3.8, 4) is 0 Å². The average Bonchev–Trinajstić information content (AvgIpc) is 2.95. The zero-order valence-electron chi connectivity index (χ0n) is 10.7. The predicted octanol–water partition coefficient (Wildman–Crippen LogP) is 1.58. The summed E-state index contributed by atoms with van der Waals surface area (Å²) in [6, 6.07) is 2.35. The zero-order valence-corrected chi connectivity index (χ0v) is 10.7. The van der Waals surface area contributed by atoms with Gasteiger partial charge >= 0.3 is 0 Å². The van der Waals surface area contributed by atoms with Gasteiger partial charge in [0.1, 0.15) is 0 Å². The molecule has 1 aromatic heterocycles. The summed E-state index contributed by atoms with van der Waals surface area (Å²) in [5, 5.41) is 13.2. The lowest BCUT2D eigenvalue weighted by molar-refractivity contribution is -0.117. The number of nitrogens with zero attached hydrogens (tertiary/aromatic N) is 1. The van der Waals surface area contributed by atoms with Gasteiger partial charge in [-0.25, -0.2) is 0 Å². The standard InChI is InChI=1S/C13H20N4O/c1-8-6-12(17-16-8)15-13(18)11-7-9-4-2-3-5-10(9)14-11/h6,9-11,14H,2-5,7H2,1H3,(H2,15,16,17,18). The number of amides is 1. The van der Waals surface area contributed by atoms with Crippen LogP contribution >= 0.6 is 0 Å². The van der Waals surface area contributed by atoms with Crippen LogP contribution in [0.15, 0.2) is 6.07 Å². The molecule has 98 valence electrons. The highest BCUT2D eigenvalue weighted by Crippen LogP contribution is 2.33. The SMILES string of the molecule is Cc1cc(NC(=O)C2CC3CCCCC3N2)n[nH]1. The molecule has 1 amide bonds. The third kappa shape index (κ3) is 2.27. The molecule has 3 N–H and O–H groups in total. The highest BCUT2D eigenvalue weighted by molar-refractivity contribution is 5.94. The van der Waals surface area contributed by atoms with Gasteiger partial charge in [-0.15, -0.1) is 0 Å². The molecule has 2 fully saturated rings. The molecule has 0 aromatic carbocycles. The number of rotatable bonds is 2. The maximum atomic E-state index is 12.1. The third-order valence-corrected chi connectivity index (χ3v) is 4.14. The number of carbonyl (C=O) groups is 1. The second kappa shape index (κ2) is 4.72. The second-order valence-electron chi connectivity index (χ2n) is 5.53. The smallest absolute Gasteiger partial charge is 0.242 e. The van der Waals surface area contributed by atoms with Gasteiger partial charge < -0.3 is 10.6 Å². The monoisotopic (exact) mass is 248 g/mol. The molecular weight excluding hydrogens is 228 g/mol. The van der Waals surface area contributed by atoms with Crippen molar-refractivity contribution in [3.05, 3.63) is 11.8 Å². The Morgan fingerprint density at radius 3 is 3.00 bits per heavy atom. The van der Waals surface area contributed by atoms with Crippen LogP contribution in [0.3, 0.4) is 0 Å². The van der Waals surface area contributed by atoms with Gasteiger partial charge in [0.05, 0.1) is 6.04 Å². The van der Waals surface area contributed by atoms with E-state index in [1.807, 2.05) is 13.0 Å². The second-order valence-corrected chi connectivity index (χ2v) is 5.53. The van der Waals surface area contributed by atoms with E-state index >= 15 is 0 Å². The zero-order chi connectivity index (χ0) is 12.5. The molecule has 0 spiro atoms. The lowest BCUT2D eigenvalue weighted by atomic mass is 9.85. The molecule has 18 heavy (non-hydrogen) atoms. The fraction of sp³-hybridized carbons (Fsp3) is 0.692. The Labute approximate surface area is 107 Å². The first-order chi connectivity index (χ1) is 8.72. The van der Waals surface area contributed by atoms with Crippen LogP contribution in [0.25, 0.3) is 0 Å². The van der Waals surface area contributed by atoms with E-state index in [1.54, 1.807) is 0 Å². The Hall–Kier alpha value is -1.36. The summed E-state index contributed by atoms with van der Waals surface area (Å²) in [6.07, 6.45) is 6.07. The number of nitrogens with one attached hydrogen (secondary N) is 3. The van der Waals surface area contributed by atoms with E-state index in [9.17, 15) is 4.79 Å². The first kappa shape index (κ1) is 11.7. The summed E-state index contributed by atoms with van der Waals surface area (Å²) in [7, 11) is 0. The van der Waals surface area contributed by atoms with Crippen molar-refractivity contribution in [3.63, 3.8) is 0 Å². The predicted molar refractivity (Wildman–Crippen MR) is 69.2 cm³/mol. The van der Waals surface area contributed by atoms with E-state index in [4.69, 9.17) is 0 Å². The number of aromatic nitrogens is 2. The van der Waals surface area contributed by atoms with Crippen molar-refractivity contribution in [2.75, 3.05) is 5.32 Å². The summed E-state index contributed by atoms with van der Waals surface area (Å²) in [5.74, 6) is 1.36. The van der Waals surface area contributed by atoms with Crippen molar-refractivity contribution in [2.45, 2.75) is 51.1 Å². The fourth-order valence-electron chi connectivity index (χ4n) is 3.22. The number of hydrogen-bond donors (Lipinski definition) is 3. The molecule has 2 aliphatic rings. The van der Waals surface area contributed by atoms with Crippen LogP contribution in [-0.2, 0) is 4.79 Å². The van der Waals surface area contributed by atoms with E-state index in [-0.39, 0.29) is 11.9 Å². The van der Waals surface area contributed by atoms with Crippen LogP contribution in [-0.4, -0.2) is 28.2 Å². The minimum absolute atomic E-state index is 0.0462. The quantitative estimate of drug-likeness (QED) is 0.744. The van der Waals surface area contributed by atoms with Crippen LogP contribution in [0.4, 0.5) is 5.82 Å². The first-order valence-corrected chi connectivity index (χ1v) is 6.81. The van der Waals surface area contributed by atoms with E-state index in [2.05, 4.69) is 20.8 Å². The van der Waals surface area contributed by atoms with Gasteiger partial charge in [0, 0.05) is 17.8 Å². The van der Waals surface area contributed by atoms with Gasteiger partial charge in [-0.2, -0.15) is 5.10 Å². The molecule has 3 atom stereocenters.